The number of amidine groups is 1. The number of ether oxygens (including phenoxy) is 1. The molecule has 116 valence electrons. The van der Waals surface area contributed by atoms with E-state index in [0.29, 0.717) is 26.0 Å². The first-order valence-electron chi connectivity index (χ1n) is 7.44. The second kappa shape index (κ2) is 8.09. The van der Waals surface area contributed by atoms with E-state index in [9.17, 15) is 4.79 Å². The number of amides is 1. The Bertz CT molecular complexity index is 337. The predicted octanol–water partition coefficient (Wildman–Crippen LogP) is 1.47. The molecular formula is C14H27N3O3. The van der Waals surface area contributed by atoms with Gasteiger partial charge in [-0.05, 0) is 38.0 Å². The standard InChI is InChI=1S/C14H27N3O3/c1-3-14(4-2,12(15)17-19)13(18)16-8-5-9-20-10-11-6-7-11/h11,19H,3-10H2,1-2H3,(H2,15,17)(H,16,18). The fourth-order valence-corrected chi connectivity index (χ4v) is 2.23. The lowest BCUT2D eigenvalue weighted by Crippen LogP contribution is -2.49. The maximum atomic E-state index is 12.3. The number of oxime groups is 1. The normalized spacial score (nSPS) is 16.2. The summed E-state index contributed by atoms with van der Waals surface area (Å²) in [5.74, 6) is 0.558. The summed E-state index contributed by atoms with van der Waals surface area (Å²) in [4.78, 5) is 12.3. The van der Waals surface area contributed by atoms with Crippen LogP contribution < -0.4 is 11.1 Å². The smallest absolute Gasteiger partial charge is 0.233 e. The summed E-state index contributed by atoms with van der Waals surface area (Å²) in [7, 11) is 0. The third-order valence-electron chi connectivity index (χ3n) is 4.04. The Balaban J connectivity index is 2.30. The van der Waals surface area contributed by atoms with Crippen LogP contribution in [0.1, 0.15) is 46.0 Å². The Kier molecular flexibility index (Phi) is 6.78. The maximum Gasteiger partial charge on any atom is 0.233 e. The second-order valence-electron chi connectivity index (χ2n) is 5.40. The fourth-order valence-electron chi connectivity index (χ4n) is 2.23. The number of rotatable bonds is 10. The van der Waals surface area contributed by atoms with Gasteiger partial charge in [0.05, 0.1) is 0 Å². The van der Waals surface area contributed by atoms with E-state index < -0.39 is 5.41 Å². The molecule has 6 nitrogen and oxygen atoms in total. The molecule has 0 atom stereocenters. The first-order valence-corrected chi connectivity index (χ1v) is 7.44. The first-order chi connectivity index (χ1) is 9.60. The number of nitrogens with two attached hydrogens (primary N) is 1. The van der Waals surface area contributed by atoms with Crippen LogP contribution >= 0.6 is 0 Å². The third kappa shape index (κ3) is 4.37. The highest BCUT2D eigenvalue weighted by atomic mass is 16.5. The monoisotopic (exact) mass is 285 g/mol. The minimum Gasteiger partial charge on any atom is -0.409 e. The van der Waals surface area contributed by atoms with Gasteiger partial charge < -0.3 is 21.0 Å². The second-order valence-corrected chi connectivity index (χ2v) is 5.40. The van der Waals surface area contributed by atoms with Gasteiger partial charge in [0.1, 0.15) is 5.41 Å². The van der Waals surface area contributed by atoms with Crippen molar-refractivity contribution in [2.75, 3.05) is 19.8 Å². The van der Waals surface area contributed by atoms with Gasteiger partial charge in [-0.15, -0.1) is 0 Å². The van der Waals surface area contributed by atoms with Crippen molar-refractivity contribution in [2.45, 2.75) is 46.0 Å². The number of hydrogen-bond acceptors (Lipinski definition) is 4. The zero-order valence-corrected chi connectivity index (χ0v) is 12.5. The molecule has 0 aliphatic heterocycles. The molecule has 1 amide bonds. The molecule has 0 heterocycles. The summed E-state index contributed by atoms with van der Waals surface area (Å²) in [5.41, 5.74) is 4.77. The summed E-state index contributed by atoms with van der Waals surface area (Å²) in [6, 6.07) is 0. The Morgan fingerprint density at radius 2 is 2.10 bits per heavy atom. The van der Waals surface area contributed by atoms with Gasteiger partial charge in [-0.1, -0.05) is 19.0 Å². The molecule has 0 spiro atoms. The third-order valence-corrected chi connectivity index (χ3v) is 4.04. The molecule has 1 aliphatic rings. The highest BCUT2D eigenvalue weighted by Gasteiger charge is 2.39. The number of carbonyl (C=O) groups excluding carboxylic acids is 1. The van der Waals surface area contributed by atoms with Crippen LogP contribution in [0.15, 0.2) is 5.16 Å². The van der Waals surface area contributed by atoms with Gasteiger partial charge in [-0.3, -0.25) is 4.79 Å². The van der Waals surface area contributed by atoms with Crippen molar-refractivity contribution in [1.82, 2.24) is 5.32 Å². The number of hydrogen-bond donors (Lipinski definition) is 3. The van der Waals surface area contributed by atoms with Crippen molar-refractivity contribution >= 4 is 11.7 Å². The lowest BCUT2D eigenvalue weighted by atomic mass is 9.80. The van der Waals surface area contributed by atoms with Crippen molar-refractivity contribution < 1.29 is 14.7 Å². The zero-order chi connectivity index (χ0) is 15.0. The average Bonchev–Trinajstić information content (AvgIpc) is 3.28. The van der Waals surface area contributed by atoms with Crippen molar-refractivity contribution in [3.8, 4) is 0 Å². The Hall–Kier alpha value is -1.30. The first kappa shape index (κ1) is 16.8. The van der Waals surface area contributed by atoms with Crippen molar-refractivity contribution in [3.63, 3.8) is 0 Å². The van der Waals surface area contributed by atoms with Gasteiger partial charge in [0.2, 0.25) is 5.91 Å². The number of nitrogens with zero attached hydrogens (tertiary/aromatic N) is 1. The van der Waals surface area contributed by atoms with E-state index in [-0.39, 0.29) is 11.7 Å². The molecule has 4 N–H and O–H groups in total. The summed E-state index contributed by atoms with van der Waals surface area (Å²) in [6.07, 6.45) is 4.35. The topological polar surface area (TPSA) is 96.9 Å². The van der Waals surface area contributed by atoms with E-state index in [1.807, 2.05) is 13.8 Å². The fraction of sp³-hybridized carbons (Fsp3) is 0.857. The molecule has 0 aromatic rings. The summed E-state index contributed by atoms with van der Waals surface area (Å²) in [5, 5.41) is 14.7. The molecule has 0 unspecified atom stereocenters. The molecule has 1 aliphatic carbocycles. The average molecular weight is 285 g/mol. The minimum atomic E-state index is -0.913. The molecule has 0 bridgehead atoms. The van der Waals surface area contributed by atoms with Gasteiger partial charge in [0, 0.05) is 19.8 Å². The molecule has 0 radical (unpaired) electrons. The van der Waals surface area contributed by atoms with Gasteiger partial charge >= 0.3 is 0 Å². The van der Waals surface area contributed by atoms with Crippen molar-refractivity contribution in [1.29, 1.82) is 0 Å². The molecular weight excluding hydrogens is 258 g/mol. The lowest BCUT2D eigenvalue weighted by Gasteiger charge is -2.28. The lowest BCUT2D eigenvalue weighted by molar-refractivity contribution is -0.128. The largest absolute Gasteiger partial charge is 0.409 e. The van der Waals surface area contributed by atoms with E-state index in [1.165, 1.54) is 12.8 Å². The number of nitrogens with one attached hydrogen (secondary N) is 1. The SMILES string of the molecule is CCC(CC)(C(=O)NCCCOCC1CC1)C(N)=NO. The van der Waals surface area contributed by atoms with Crippen LogP contribution in [-0.4, -0.2) is 36.7 Å². The highest BCUT2D eigenvalue weighted by Crippen LogP contribution is 2.29. The molecule has 0 aromatic carbocycles. The van der Waals surface area contributed by atoms with Crippen LogP contribution in [-0.2, 0) is 9.53 Å². The maximum absolute atomic E-state index is 12.3. The summed E-state index contributed by atoms with van der Waals surface area (Å²) >= 11 is 0. The summed E-state index contributed by atoms with van der Waals surface area (Å²) < 4.78 is 5.51. The van der Waals surface area contributed by atoms with E-state index in [0.717, 1.165) is 18.9 Å². The molecule has 20 heavy (non-hydrogen) atoms. The van der Waals surface area contributed by atoms with Crippen molar-refractivity contribution in [3.05, 3.63) is 0 Å². The van der Waals surface area contributed by atoms with E-state index >= 15 is 0 Å². The molecule has 1 saturated carbocycles. The van der Waals surface area contributed by atoms with Gasteiger partial charge in [0.15, 0.2) is 5.84 Å². The van der Waals surface area contributed by atoms with Gasteiger partial charge in [-0.25, -0.2) is 0 Å². The van der Waals surface area contributed by atoms with Crippen LogP contribution in [0.4, 0.5) is 0 Å². The van der Waals surface area contributed by atoms with E-state index in [1.54, 1.807) is 0 Å². The van der Waals surface area contributed by atoms with Crippen LogP contribution in [0.25, 0.3) is 0 Å². The van der Waals surface area contributed by atoms with Gasteiger partial charge in [-0.2, -0.15) is 0 Å². The summed E-state index contributed by atoms with van der Waals surface area (Å²) in [6.45, 7) is 5.77. The Morgan fingerprint density at radius 1 is 1.45 bits per heavy atom. The van der Waals surface area contributed by atoms with Crippen LogP contribution in [0.5, 0.6) is 0 Å². The molecule has 1 rings (SSSR count). The van der Waals surface area contributed by atoms with E-state index in [4.69, 9.17) is 15.7 Å². The molecule has 1 fully saturated rings. The molecule has 0 aromatic heterocycles. The quantitative estimate of drug-likeness (QED) is 0.186. The Morgan fingerprint density at radius 3 is 2.60 bits per heavy atom. The number of carbonyl (C=O) groups is 1. The predicted molar refractivity (Wildman–Crippen MR) is 77.6 cm³/mol. The highest BCUT2D eigenvalue weighted by molar-refractivity contribution is 6.06. The zero-order valence-electron chi connectivity index (χ0n) is 12.5. The van der Waals surface area contributed by atoms with E-state index in [2.05, 4.69) is 10.5 Å². The molecule has 6 heteroatoms. The molecule has 0 saturated heterocycles. The Labute approximate surface area is 120 Å². The van der Waals surface area contributed by atoms with Crippen LogP contribution in [0, 0.1) is 11.3 Å². The minimum absolute atomic E-state index is 0.0232. The van der Waals surface area contributed by atoms with Gasteiger partial charge in [0.25, 0.3) is 0 Å². The van der Waals surface area contributed by atoms with Crippen molar-refractivity contribution in [2.24, 2.45) is 22.2 Å². The van der Waals surface area contributed by atoms with Crippen LogP contribution in [0.2, 0.25) is 0 Å². The van der Waals surface area contributed by atoms with Crippen LogP contribution in [0.3, 0.4) is 0 Å².